The van der Waals surface area contributed by atoms with Gasteiger partial charge in [-0.05, 0) is 57.6 Å². The lowest BCUT2D eigenvalue weighted by atomic mass is 9.67. The molecule has 1 fully saturated rings. The van der Waals surface area contributed by atoms with E-state index in [1.807, 2.05) is 40.0 Å². The van der Waals surface area contributed by atoms with E-state index in [2.05, 4.69) is 35.8 Å². The fourth-order valence-corrected chi connectivity index (χ4v) is 5.12. The van der Waals surface area contributed by atoms with Crippen molar-refractivity contribution in [2.75, 3.05) is 13.1 Å². The average molecular weight is 432 g/mol. The first-order chi connectivity index (χ1) is 15.3. The largest absolute Gasteiger partial charge is 0.345 e. The minimum atomic E-state index is -0.212. The summed E-state index contributed by atoms with van der Waals surface area (Å²) in [5, 5.41) is 4.53. The van der Waals surface area contributed by atoms with Crippen LogP contribution in [0.2, 0.25) is 0 Å². The maximum atomic E-state index is 13.1. The summed E-state index contributed by atoms with van der Waals surface area (Å²) in [6, 6.07) is 7.57. The summed E-state index contributed by atoms with van der Waals surface area (Å²) in [5.41, 5.74) is 3.20. The highest BCUT2D eigenvalue weighted by Gasteiger charge is 2.44. The molecule has 0 atom stereocenters. The number of imidazole rings is 1. The van der Waals surface area contributed by atoms with Crippen LogP contribution in [0.15, 0.2) is 42.9 Å². The van der Waals surface area contributed by atoms with Crippen LogP contribution in [0.4, 0.5) is 0 Å². The summed E-state index contributed by atoms with van der Waals surface area (Å²) in [7, 11) is 0. The fraction of sp³-hybridized carbons (Fsp3) is 0.440. The Bertz CT molecular complexity index is 1140. The number of H-pyrrole nitrogens is 1. The standard InChI is InChI=1S/C25H29N5O2/c1-24(2,3)30-21-19(16-28-30)14-25(15-20(21)31)8-12-29(13-9-25)23(32)18-6-4-17(5-7-18)22-26-10-11-27-22/h4-7,10-11,16H,8-9,12-15H2,1-3H3,(H,26,27). The first-order valence-electron chi connectivity index (χ1n) is 11.3. The van der Waals surface area contributed by atoms with Gasteiger partial charge in [0, 0.05) is 48.6 Å². The van der Waals surface area contributed by atoms with Crippen LogP contribution in [0, 0.1) is 5.41 Å². The monoisotopic (exact) mass is 431 g/mol. The topological polar surface area (TPSA) is 83.9 Å². The molecule has 0 unspecified atom stereocenters. The lowest BCUT2D eigenvalue weighted by Gasteiger charge is -2.43. The van der Waals surface area contributed by atoms with Crippen molar-refractivity contribution in [2.24, 2.45) is 5.41 Å². The van der Waals surface area contributed by atoms with Gasteiger partial charge in [0.1, 0.15) is 11.5 Å². The van der Waals surface area contributed by atoms with Gasteiger partial charge in [0.2, 0.25) is 0 Å². The Morgan fingerprint density at radius 1 is 1.09 bits per heavy atom. The summed E-state index contributed by atoms with van der Waals surface area (Å²) >= 11 is 0. The molecule has 32 heavy (non-hydrogen) atoms. The number of aromatic nitrogens is 4. The van der Waals surface area contributed by atoms with Gasteiger partial charge in [0.15, 0.2) is 5.78 Å². The second kappa shape index (κ2) is 7.43. The van der Waals surface area contributed by atoms with Gasteiger partial charge in [-0.3, -0.25) is 14.3 Å². The maximum absolute atomic E-state index is 13.1. The SMILES string of the molecule is CC(C)(C)n1ncc2c1C(=O)CC1(CCN(C(=O)c3ccc(-c4ncc[nH]4)cc3)CC1)C2. The Kier molecular flexibility index (Phi) is 4.80. The number of carbonyl (C=O) groups excluding carboxylic acids is 2. The predicted molar refractivity (Wildman–Crippen MR) is 121 cm³/mol. The number of carbonyl (C=O) groups is 2. The van der Waals surface area contributed by atoms with Crippen molar-refractivity contribution in [1.29, 1.82) is 0 Å². The van der Waals surface area contributed by atoms with Crippen LogP contribution in [0.25, 0.3) is 11.4 Å². The summed E-state index contributed by atoms with van der Waals surface area (Å²) in [5.74, 6) is 1.03. The summed E-state index contributed by atoms with van der Waals surface area (Å²) < 4.78 is 1.88. The van der Waals surface area contributed by atoms with Crippen LogP contribution < -0.4 is 0 Å². The van der Waals surface area contributed by atoms with Gasteiger partial charge in [-0.1, -0.05) is 12.1 Å². The van der Waals surface area contributed by atoms with Crippen molar-refractivity contribution in [3.05, 3.63) is 59.7 Å². The Labute approximate surface area is 187 Å². The Hall–Kier alpha value is -3.22. The molecular weight excluding hydrogens is 402 g/mol. The third kappa shape index (κ3) is 3.55. The molecule has 7 heteroatoms. The molecule has 1 aliphatic heterocycles. The number of rotatable bonds is 2. The molecule has 1 spiro atoms. The zero-order valence-corrected chi connectivity index (χ0v) is 18.9. The molecule has 2 aliphatic rings. The van der Waals surface area contributed by atoms with Gasteiger partial charge in [0.05, 0.1) is 11.7 Å². The van der Waals surface area contributed by atoms with E-state index in [9.17, 15) is 9.59 Å². The van der Waals surface area contributed by atoms with Crippen LogP contribution in [-0.2, 0) is 12.0 Å². The second-order valence-corrected chi connectivity index (χ2v) is 10.2. The number of nitrogens with zero attached hydrogens (tertiary/aromatic N) is 4. The van der Waals surface area contributed by atoms with Crippen molar-refractivity contribution in [1.82, 2.24) is 24.6 Å². The Balaban J connectivity index is 1.27. The first-order valence-corrected chi connectivity index (χ1v) is 11.3. The van der Waals surface area contributed by atoms with E-state index in [0.29, 0.717) is 25.1 Å². The highest BCUT2D eigenvalue weighted by Crippen LogP contribution is 2.44. The third-order valence-corrected chi connectivity index (χ3v) is 6.86. The predicted octanol–water partition coefficient (Wildman–Crippen LogP) is 4.08. The quantitative estimate of drug-likeness (QED) is 0.663. The number of aromatic amines is 1. The number of amides is 1. The molecule has 5 rings (SSSR count). The third-order valence-electron chi connectivity index (χ3n) is 6.86. The lowest BCUT2D eigenvalue weighted by molar-refractivity contribution is 0.0515. The molecule has 3 aromatic rings. The molecule has 1 aliphatic carbocycles. The maximum Gasteiger partial charge on any atom is 0.253 e. The van der Waals surface area contributed by atoms with Crippen LogP contribution in [0.1, 0.15) is 66.4 Å². The van der Waals surface area contributed by atoms with E-state index >= 15 is 0 Å². The minimum absolute atomic E-state index is 0.0502. The number of fused-ring (bicyclic) bond motifs is 1. The van der Waals surface area contributed by atoms with Crippen LogP contribution >= 0.6 is 0 Å². The normalized spacial score (nSPS) is 18.1. The van der Waals surface area contributed by atoms with Gasteiger partial charge in [-0.2, -0.15) is 5.10 Å². The molecule has 166 valence electrons. The molecule has 3 heterocycles. The molecule has 0 saturated carbocycles. The van der Waals surface area contributed by atoms with E-state index in [1.165, 1.54) is 0 Å². The number of Topliss-reactive ketones (excluding diaryl/α,β-unsaturated/α-hetero) is 1. The van der Waals surface area contributed by atoms with Gasteiger partial charge < -0.3 is 9.88 Å². The van der Waals surface area contributed by atoms with E-state index < -0.39 is 0 Å². The summed E-state index contributed by atoms with van der Waals surface area (Å²) in [4.78, 5) is 35.4. The molecule has 0 radical (unpaired) electrons. The minimum Gasteiger partial charge on any atom is -0.345 e. The fourth-order valence-electron chi connectivity index (χ4n) is 5.12. The second-order valence-electron chi connectivity index (χ2n) is 10.2. The molecule has 2 aromatic heterocycles. The molecule has 1 saturated heterocycles. The van der Waals surface area contributed by atoms with Crippen molar-refractivity contribution in [3.8, 4) is 11.4 Å². The van der Waals surface area contributed by atoms with Gasteiger partial charge in [-0.15, -0.1) is 0 Å². The van der Waals surface area contributed by atoms with Crippen molar-refractivity contribution in [3.63, 3.8) is 0 Å². The number of ketones is 1. The van der Waals surface area contributed by atoms with Crippen molar-refractivity contribution in [2.45, 2.75) is 52.0 Å². The number of likely N-dealkylation sites (tertiary alicyclic amines) is 1. The zero-order valence-electron chi connectivity index (χ0n) is 18.9. The number of hydrogen-bond donors (Lipinski definition) is 1. The lowest BCUT2D eigenvalue weighted by Crippen LogP contribution is -2.46. The smallest absolute Gasteiger partial charge is 0.253 e. The molecule has 1 amide bonds. The van der Waals surface area contributed by atoms with Crippen molar-refractivity contribution < 1.29 is 9.59 Å². The molecular formula is C25H29N5O2. The Morgan fingerprint density at radius 3 is 2.44 bits per heavy atom. The first kappa shape index (κ1) is 20.7. The van der Waals surface area contributed by atoms with Gasteiger partial charge in [-0.25, -0.2) is 4.98 Å². The number of nitrogens with one attached hydrogen (secondary N) is 1. The average Bonchev–Trinajstić information content (AvgIpc) is 3.44. The zero-order chi connectivity index (χ0) is 22.5. The molecule has 1 N–H and O–H groups in total. The van der Waals surface area contributed by atoms with Crippen molar-refractivity contribution >= 4 is 11.7 Å². The summed E-state index contributed by atoms with van der Waals surface area (Å²) in [6.45, 7) is 7.57. The molecule has 7 nitrogen and oxygen atoms in total. The van der Waals surface area contributed by atoms with E-state index in [-0.39, 0.29) is 22.6 Å². The number of piperidine rings is 1. The summed E-state index contributed by atoms with van der Waals surface area (Å²) in [6.07, 6.45) is 8.46. The highest BCUT2D eigenvalue weighted by atomic mass is 16.2. The molecule has 1 aromatic carbocycles. The number of benzene rings is 1. The van der Waals surface area contributed by atoms with Crippen LogP contribution in [0.5, 0.6) is 0 Å². The van der Waals surface area contributed by atoms with E-state index in [4.69, 9.17) is 0 Å². The van der Waals surface area contributed by atoms with E-state index in [0.717, 1.165) is 41.9 Å². The van der Waals surface area contributed by atoms with Crippen LogP contribution in [0.3, 0.4) is 0 Å². The Morgan fingerprint density at radius 2 is 1.81 bits per heavy atom. The van der Waals surface area contributed by atoms with Gasteiger partial charge in [0.25, 0.3) is 5.91 Å². The van der Waals surface area contributed by atoms with E-state index in [1.54, 1.807) is 12.4 Å². The number of hydrogen-bond acceptors (Lipinski definition) is 4. The van der Waals surface area contributed by atoms with Crippen LogP contribution in [-0.4, -0.2) is 49.4 Å². The molecule has 0 bridgehead atoms. The highest BCUT2D eigenvalue weighted by molar-refractivity contribution is 5.98. The van der Waals surface area contributed by atoms with Gasteiger partial charge >= 0.3 is 0 Å².